The summed E-state index contributed by atoms with van der Waals surface area (Å²) < 4.78 is 0. The van der Waals surface area contributed by atoms with Crippen molar-refractivity contribution in [1.29, 1.82) is 0 Å². The predicted octanol–water partition coefficient (Wildman–Crippen LogP) is 1.86. The largest absolute Gasteiger partial charge is 0.388 e. The molecule has 0 aromatic rings. The molecule has 0 saturated heterocycles. The third-order valence-electron chi connectivity index (χ3n) is 3.79. The quantitative estimate of drug-likeness (QED) is 0.746. The highest BCUT2D eigenvalue weighted by Gasteiger charge is 2.25. The van der Waals surface area contributed by atoms with Crippen LogP contribution < -0.4 is 5.32 Å². The summed E-state index contributed by atoms with van der Waals surface area (Å²) in [6, 6.07) is 0.613. The Bertz CT molecular complexity index is 216. The molecule has 3 heteroatoms. The predicted molar refractivity (Wildman–Crippen MR) is 73.2 cm³/mol. The Kier molecular flexibility index (Phi) is 5.90. The third-order valence-corrected chi connectivity index (χ3v) is 3.79. The average molecular weight is 242 g/mol. The van der Waals surface area contributed by atoms with Crippen LogP contribution >= 0.6 is 0 Å². The molecule has 3 atom stereocenters. The molecule has 3 unspecified atom stereocenters. The van der Waals surface area contributed by atoms with E-state index in [0.29, 0.717) is 19.1 Å². The minimum absolute atomic E-state index is 0.613. The molecule has 1 aliphatic carbocycles. The number of hydrogen-bond acceptors (Lipinski definition) is 3. The van der Waals surface area contributed by atoms with Gasteiger partial charge in [-0.25, -0.2) is 0 Å². The first-order valence-corrected chi connectivity index (χ1v) is 7.03. The molecule has 1 aliphatic rings. The summed E-state index contributed by atoms with van der Waals surface area (Å²) in [7, 11) is 4.00. The molecule has 3 nitrogen and oxygen atoms in total. The molecule has 0 aromatic carbocycles. The standard InChI is InChI=1S/C14H30N2O/c1-5-12-7-6-8-13(9-12)15-10-14(2,17)11-16(3)4/h12-13,15,17H,5-11H2,1-4H3. The fourth-order valence-corrected chi connectivity index (χ4v) is 2.95. The molecule has 1 fully saturated rings. The molecular weight excluding hydrogens is 212 g/mol. The molecule has 0 heterocycles. The zero-order valence-electron chi connectivity index (χ0n) is 12.0. The van der Waals surface area contributed by atoms with Crippen LogP contribution in [0.15, 0.2) is 0 Å². The van der Waals surface area contributed by atoms with Gasteiger partial charge in [0, 0.05) is 19.1 Å². The Morgan fingerprint density at radius 2 is 2.06 bits per heavy atom. The van der Waals surface area contributed by atoms with Gasteiger partial charge in [0.15, 0.2) is 0 Å². The van der Waals surface area contributed by atoms with E-state index in [1.54, 1.807) is 0 Å². The van der Waals surface area contributed by atoms with Gasteiger partial charge in [-0.2, -0.15) is 0 Å². The first-order valence-electron chi connectivity index (χ1n) is 7.03. The highest BCUT2D eigenvalue weighted by atomic mass is 16.3. The lowest BCUT2D eigenvalue weighted by Crippen LogP contribution is -2.49. The molecule has 2 N–H and O–H groups in total. The minimum Gasteiger partial charge on any atom is -0.388 e. The van der Waals surface area contributed by atoms with Crippen molar-refractivity contribution in [1.82, 2.24) is 10.2 Å². The summed E-state index contributed by atoms with van der Waals surface area (Å²) in [4.78, 5) is 2.04. The van der Waals surface area contributed by atoms with E-state index < -0.39 is 5.60 Å². The highest BCUT2D eigenvalue weighted by molar-refractivity contribution is 4.83. The zero-order chi connectivity index (χ0) is 12.9. The topological polar surface area (TPSA) is 35.5 Å². The van der Waals surface area contributed by atoms with Gasteiger partial charge in [-0.3, -0.25) is 0 Å². The molecule has 0 aliphatic heterocycles. The maximum atomic E-state index is 10.2. The lowest BCUT2D eigenvalue weighted by Gasteiger charge is -2.33. The van der Waals surface area contributed by atoms with E-state index in [2.05, 4.69) is 12.2 Å². The van der Waals surface area contributed by atoms with E-state index in [-0.39, 0.29) is 0 Å². The molecule has 0 amide bonds. The lowest BCUT2D eigenvalue weighted by molar-refractivity contribution is 0.0292. The van der Waals surface area contributed by atoms with E-state index in [1.165, 1.54) is 32.1 Å². The third kappa shape index (κ3) is 5.84. The van der Waals surface area contributed by atoms with E-state index >= 15 is 0 Å². The maximum absolute atomic E-state index is 10.2. The second kappa shape index (κ2) is 6.72. The summed E-state index contributed by atoms with van der Waals surface area (Å²) >= 11 is 0. The number of nitrogens with zero attached hydrogens (tertiary/aromatic N) is 1. The molecule has 102 valence electrons. The van der Waals surface area contributed by atoms with E-state index in [4.69, 9.17) is 0 Å². The monoisotopic (exact) mass is 242 g/mol. The molecule has 0 aromatic heterocycles. The van der Waals surface area contributed by atoms with Crippen molar-refractivity contribution >= 4 is 0 Å². The van der Waals surface area contributed by atoms with Gasteiger partial charge >= 0.3 is 0 Å². The Balaban J connectivity index is 2.29. The normalized spacial score (nSPS) is 29.3. The van der Waals surface area contributed by atoms with Crippen molar-refractivity contribution in [2.45, 2.75) is 57.6 Å². The highest BCUT2D eigenvalue weighted by Crippen LogP contribution is 2.26. The average Bonchev–Trinajstić information content (AvgIpc) is 2.25. The van der Waals surface area contributed by atoms with Crippen LogP contribution in [0.1, 0.15) is 46.0 Å². The Morgan fingerprint density at radius 3 is 2.65 bits per heavy atom. The van der Waals surface area contributed by atoms with Gasteiger partial charge in [0.25, 0.3) is 0 Å². The van der Waals surface area contributed by atoms with Crippen molar-refractivity contribution < 1.29 is 5.11 Å². The summed E-state index contributed by atoms with van der Waals surface area (Å²) in [5, 5.41) is 13.8. The van der Waals surface area contributed by atoms with Crippen LogP contribution in [0.4, 0.5) is 0 Å². The van der Waals surface area contributed by atoms with E-state index in [1.807, 2.05) is 25.9 Å². The smallest absolute Gasteiger partial charge is 0.0869 e. The van der Waals surface area contributed by atoms with Gasteiger partial charge in [0.1, 0.15) is 0 Å². The molecule has 0 radical (unpaired) electrons. The van der Waals surface area contributed by atoms with Crippen LogP contribution in [0.3, 0.4) is 0 Å². The molecule has 17 heavy (non-hydrogen) atoms. The summed E-state index contributed by atoms with van der Waals surface area (Å²) in [6.07, 6.45) is 6.59. The van der Waals surface area contributed by atoms with Crippen molar-refractivity contribution in [2.75, 3.05) is 27.2 Å². The van der Waals surface area contributed by atoms with Gasteiger partial charge in [0.2, 0.25) is 0 Å². The Hall–Kier alpha value is -0.120. The molecule has 0 bridgehead atoms. The molecule has 1 rings (SSSR count). The van der Waals surface area contributed by atoms with Crippen LogP contribution in [0.2, 0.25) is 0 Å². The van der Waals surface area contributed by atoms with Crippen molar-refractivity contribution in [3.8, 4) is 0 Å². The second-order valence-corrected chi connectivity index (χ2v) is 6.25. The second-order valence-electron chi connectivity index (χ2n) is 6.25. The maximum Gasteiger partial charge on any atom is 0.0869 e. The van der Waals surface area contributed by atoms with Gasteiger partial charge in [-0.05, 0) is 39.8 Å². The Morgan fingerprint density at radius 1 is 1.35 bits per heavy atom. The van der Waals surface area contributed by atoms with Gasteiger partial charge in [-0.1, -0.05) is 26.2 Å². The molecule has 1 saturated carbocycles. The van der Waals surface area contributed by atoms with Crippen LogP contribution in [0, 0.1) is 5.92 Å². The summed E-state index contributed by atoms with van der Waals surface area (Å²) in [5.41, 5.74) is -0.622. The first kappa shape index (κ1) is 14.9. The summed E-state index contributed by atoms with van der Waals surface area (Å²) in [6.45, 7) is 5.62. The van der Waals surface area contributed by atoms with Gasteiger partial charge < -0.3 is 15.3 Å². The first-order chi connectivity index (χ1) is 7.93. The van der Waals surface area contributed by atoms with Gasteiger partial charge in [-0.15, -0.1) is 0 Å². The fourth-order valence-electron chi connectivity index (χ4n) is 2.95. The number of hydrogen-bond donors (Lipinski definition) is 2. The van der Waals surface area contributed by atoms with E-state index in [9.17, 15) is 5.11 Å². The van der Waals surface area contributed by atoms with Crippen molar-refractivity contribution in [2.24, 2.45) is 5.92 Å². The van der Waals surface area contributed by atoms with Crippen LogP contribution in [-0.4, -0.2) is 48.8 Å². The zero-order valence-corrected chi connectivity index (χ0v) is 12.0. The lowest BCUT2D eigenvalue weighted by atomic mass is 9.84. The van der Waals surface area contributed by atoms with Crippen LogP contribution in [0.25, 0.3) is 0 Å². The van der Waals surface area contributed by atoms with Crippen molar-refractivity contribution in [3.63, 3.8) is 0 Å². The molecular formula is C14H30N2O. The van der Waals surface area contributed by atoms with Crippen LogP contribution in [-0.2, 0) is 0 Å². The van der Waals surface area contributed by atoms with Crippen molar-refractivity contribution in [3.05, 3.63) is 0 Å². The number of nitrogens with one attached hydrogen (secondary N) is 1. The minimum atomic E-state index is -0.622. The Labute approximate surface area is 107 Å². The van der Waals surface area contributed by atoms with E-state index in [0.717, 1.165) is 5.92 Å². The number of rotatable bonds is 6. The SMILES string of the molecule is CCC1CCCC(NCC(C)(O)CN(C)C)C1. The van der Waals surface area contributed by atoms with Gasteiger partial charge in [0.05, 0.1) is 5.60 Å². The van der Waals surface area contributed by atoms with Crippen LogP contribution in [0.5, 0.6) is 0 Å². The number of aliphatic hydroxyl groups is 1. The molecule has 0 spiro atoms. The summed E-state index contributed by atoms with van der Waals surface area (Å²) in [5.74, 6) is 0.889. The number of likely N-dealkylation sites (N-methyl/N-ethyl adjacent to an activating group) is 1. The fraction of sp³-hybridized carbons (Fsp3) is 1.00.